The number of ether oxygens (including phenoxy) is 2. The molecule has 0 radical (unpaired) electrons. The fraction of sp³-hybridized carbons (Fsp3) is 0.133. The fourth-order valence-corrected chi connectivity index (χ4v) is 2.03. The Morgan fingerprint density at radius 2 is 2.00 bits per heavy atom. The van der Waals surface area contributed by atoms with Gasteiger partial charge in [0.25, 0.3) is 5.91 Å². The summed E-state index contributed by atoms with van der Waals surface area (Å²) in [5, 5.41) is 2.67. The van der Waals surface area contributed by atoms with E-state index in [2.05, 4.69) is 21.2 Å². The van der Waals surface area contributed by atoms with E-state index in [0.29, 0.717) is 15.9 Å². The molecule has 2 aromatic carbocycles. The summed E-state index contributed by atoms with van der Waals surface area (Å²) in [5.74, 6) is 0.0250. The van der Waals surface area contributed by atoms with Gasteiger partial charge < -0.3 is 14.8 Å². The number of anilines is 1. The van der Waals surface area contributed by atoms with E-state index in [1.54, 1.807) is 24.3 Å². The van der Waals surface area contributed by atoms with E-state index in [0.717, 1.165) is 0 Å². The Kier molecular flexibility index (Phi) is 5.16. The van der Waals surface area contributed by atoms with E-state index < -0.39 is 5.82 Å². The van der Waals surface area contributed by atoms with Crippen LogP contribution in [-0.4, -0.2) is 19.6 Å². The van der Waals surface area contributed by atoms with Gasteiger partial charge in [-0.3, -0.25) is 4.79 Å². The van der Waals surface area contributed by atoms with Gasteiger partial charge in [-0.1, -0.05) is 12.1 Å². The van der Waals surface area contributed by atoms with Gasteiger partial charge in [0.05, 0.1) is 17.3 Å². The Hall–Kier alpha value is -2.08. The Balaban J connectivity index is 1.97. The van der Waals surface area contributed by atoms with E-state index in [1.807, 2.05) is 0 Å². The number of benzene rings is 2. The van der Waals surface area contributed by atoms with Crippen LogP contribution in [0.4, 0.5) is 10.1 Å². The van der Waals surface area contributed by atoms with Crippen molar-refractivity contribution < 1.29 is 18.7 Å². The van der Waals surface area contributed by atoms with Crippen molar-refractivity contribution >= 4 is 27.5 Å². The molecular formula is C15H13BrFNO3. The maximum absolute atomic E-state index is 13.1. The van der Waals surface area contributed by atoms with Crippen LogP contribution in [0.2, 0.25) is 0 Å². The van der Waals surface area contributed by atoms with Gasteiger partial charge in [-0.15, -0.1) is 0 Å². The van der Waals surface area contributed by atoms with Crippen LogP contribution in [0, 0.1) is 5.82 Å². The molecule has 0 aromatic heterocycles. The van der Waals surface area contributed by atoms with Crippen LogP contribution < -0.4 is 14.8 Å². The average Bonchev–Trinajstić information content (AvgIpc) is 2.49. The summed E-state index contributed by atoms with van der Waals surface area (Å²) in [4.78, 5) is 11.8. The number of methoxy groups -OCH3 is 1. The van der Waals surface area contributed by atoms with Gasteiger partial charge in [0, 0.05) is 6.07 Å². The number of rotatable bonds is 5. The highest BCUT2D eigenvalue weighted by molar-refractivity contribution is 9.10. The summed E-state index contributed by atoms with van der Waals surface area (Å²) in [6.07, 6.45) is 0. The van der Waals surface area contributed by atoms with Crippen LogP contribution in [0.3, 0.4) is 0 Å². The van der Waals surface area contributed by atoms with Crippen molar-refractivity contribution in [1.82, 2.24) is 0 Å². The van der Waals surface area contributed by atoms with Crippen molar-refractivity contribution in [2.45, 2.75) is 0 Å². The Morgan fingerprint density at radius 1 is 1.24 bits per heavy atom. The van der Waals surface area contributed by atoms with Gasteiger partial charge >= 0.3 is 0 Å². The molecule has 0 saturated heterocycles. The third kappa shape index (κ3) is 4.19. The molecule has 4 nitrogen and oxygen atoms in total. The van der Waals surface area contributed by atoms with Crippen molar-refractivity contribution in [2.24, 2.45) is 0 Å². The minimum atomic E-state index is -0.432. The maximum Gasteiger partial charge on any atom is 0.262 e. The standard InChI is InChI=1S/C15H13BrFNO3/c1-20-13-5-3-2-4-12(13)18-15(19)9-21-14-8-10(17)6-7-11(14)16/h2-8H,9H2,1H3,(H,18,19). The molecule has 6 heteroatoms. The summed E-state index contributed by atoms with van der Waals surface area (Å²) in [6.45, 7) is -0.236. The van der Waals surface area contributed by atoms with Crippen molar-refractivity contribution in [3.8, 4) is 11.5 Å². The van der Waals surface area contributed by atoms with Crippen LogP contribution in [0.1, 0.15) is 0 Å². The van der Waals surface area contributed by atoms with Crippen molar-refractivity contribution in [3.05, 3.63) is 52.8 Å². The number of amides is 1. The van der Waals surface area contributed by atoms with Gasteiger partial charge in [-0.05, 0) is 40.2 Å². The third-order valence-corrected chi connectivity index (χ3v) is 3.29. The number of hydrogen-bond acceptors (Lipinski definition) is 3. The number of carbonyl (C=O) groups is 1. The van der Waals surface area contributed by atoms with Crippen LogP contribution in [0.25, 0.3) is 0 Å². The highest BCUT2D eigenvalue weighted by atomic mass is 79.9. The minimum Gasteiger partial charge on any atom is -0.495 e. The summed E-state index contributed by atoms with van der Waals surface area (Å²) in [5.41, 5.74) is 0.548. The molecule has 1 N–H and O–H groups in total. The number of para-hydroxylation sites is 2. The highest BCUT2D eigenvalue weighted by Gasteiger charge is 2.09. The molecule has 0 aliphatic rings. The van der Waals surface area contributed by atoms with Gasteiger partial charge in [0.2, 0.25) is 0 Å². The van der Waals surface area contributed by atoms with Crippen LogP contribution >= 0.6 is 15.9 Å². The zero-order chi connectivity index (χ0) is 15.2. The molecule has 0 aliphatic carbocycles. The summed E-state index contributed by atoms with van der Waals surface area (Å²) in [7, 11) is 1.52. The van der Waals surface area contributed by atoms with E-state index in [1.165, 1.54) is 25.3 Å². The normalized spacial score (nSPS) is 10.0. The molecule has 1 amide bonds. The lowest BCUT2D eigenvalue weighted by Gasteiger charge is -2.11. The second-order valence-corrected chi connectivity index (χ2v) is 4.97. The minimum absolute atomic E-state index is 0.236. The van der Waals surface area contributed by atoms with Crippen molar-refractivity contribution in [1.29, 1.82) is 0 Å². The molecular weight excluding hydrogens is 341 g/mol. The Bertz CT molecular complexity index is 649. The second kappa shape index (κ2) is 7.08. The van der Waals surface area contributed by atoms with E-state index in [4.69, 9.17) is 9.47 Å². The molecule has 2 aromatic rings. The number of halogens is 2. The molecule has 0 unspecified atom stereocenters. The molecule has 0 heterocycles. The zero-order valence-corrected chi connectivity index (χ0v) is 12.8. The topological polar surface area (TPSA) is 47.6 Å². The molecule has 0 saturated carbocycles. The highest BCUT2D eigenvalue weighted by Crippen LogP contribution is 2.26. The molecule has 0 aliphatic heterocycles. The first-order valence-corrected chi connectivity index (χ1v) is 6.90. The fourth-order valence-electron chi connectivity index (χ4n) is 1.67. The molecule has 0 atom stereocenters. The molecule has 0 bridgehead atoms. The maximum atomic E-state index is 13.1. The predicted octanol–water partition coefficient (Wildman–Crippen LogP) is 3.61. The predicted molar refractivity (Wildman–Crippen MR) is 81.2 cm³/mol. The third-order valence-electron chi connectivity index (χ3n) is 2.63. The lowest BCUT2D eigenvalue weighted by Crippen LogP contribution is -2.20. The van der Waals surface area contributed by atoms with Crippen LogP contribution in [-0.2, 0) is 4.79 Å². The SMILES string of the molecule is COc1ccccc1NC(=O)COc1cc(F)ccc1Br. The van der Waals surface area contributed by atoms with Gasteiger partial charge in [0.15, 0.2) is 6.61 Å². The number of nitrogens with one attached hydrogen (secondary N) is 1. The van der Waals surface area contributed by atoms with E-state index >= 15 is 0 Å². The van der Waals surface area contributed by atoms with Gasteiger partial charge in [-0.25, -0.2) is 4.39 Å². The number of carbonyl (C=O) groups excluding carboxylic acids is 1. The largest absolute Gasteiger partial charge is 0.495 e. The second-order valence-electron chi connectivity index (χ2n) is 4.11. The van der Waals surface area contributed by atoms with Gasteiger partial charge in [-0.2, -0.15) is 0 Å². The quantitative estimate of drug-likeness (QED) is 0.892. The Labute approximate surface area is 130 Å². The molecule has 21 heavy (non-hydrogen) atoms. The first-order valence-electron chi connectivity index (χ1n) is 6.11. The van der Waals surface area contributed by atoms with E-state index in [-0.39, 0.29) is 18.3 Å². The zero-order valence-electron chi connectivity index (χ0n) is 11.2. The number of hydrogen-bond donors (Lipinski definition) is 1. The molecule has 0 fully saturated rings. The molecule has 0 spiro atoms. The molecule has 2 rings (SSSR count). The van der Waals surface area contributed by atoms with Crippen molar-refractivity contribution in [2.75, 3.05) is 19.0 Å². The first-order chi connectivity index (χ1) is 10.1. The molecule has 110 valence electrons. The van der Waals surface area contributed by atoms with Gasteiger partial charge in [0.1, 0.15) is 17.3 Å². The average molecular weight is 354 g/mol. The summed E-state index contributed by atoms with van der Waals surface area (Å²) < 4.78 is 24.1. The van der Waals surface area contributed by atoms with Crippen LogP contribution in [0.5, 0.6) is 11.5 Å². The van der Waals surface area contributed by atoms with Crippen molar-refractivity contribution in [3.63, 3.8) is 0 Å². The summed E-state index contributed by atoms with van der Waals surface area (Å²) in [6, 6.07) is 11.1. The lowest BCUT2D eigenvalue weighted by atomic mass is 10.3. The first kappa shape index (κ1) is 15.3. The van der Waals surface area contributed by atoms with Crippen LogP contribution in [0.15, 0.2) is 46.9 Å². The van der Waals surface area contributed by atoms with E-state index in [9.17, 15) is 9.18 Å². The smallest absolute Gasteiger partial charge is 0.262 e. The monoisotopic (exact) mass is 353 g/mol. The summed E-state index contributed by atoms with van der Waals surface area (Å²) >= 11 is 3.23. The lowest BCUT2D eigenvalue weighted by molar-refractivity contribution is -0.118. The Morgan fingerprint density at radius 3 is 2.76 bits per heavy atom.